The minimum atomic E-state index is 0.199. The standard InChI is InChI=1S/C14H15NO/c1-9-6-11(3)13(7-10(9)2)14-5-4-12(16)8-15-14/h4-8,16H,1-3H3. The van der Waals surface area contributed by atoms with Crippen molar-refractivity contribution < 1.29 is 5.11 Å². The van der Waals surface area contributed by atoms with E-state index < -0.39 is 0 Å². The van der Waals surface area contributed by atoms with Crippen molar-refractivity contribution in [3.8, 4) is 17.0 Å². The van der Waals surface area contributed by atoms with Crippen molar-refractivity contribution in [2.75, 3.05) is 0 Å². The minimum Gasteiger partial charge on any atom is -0.506 e. The first-order chi connectivity index (χ1) is 7.58. The fraction of sp³-hybridized carbons (Fsp3) is 0.214. The average molecular weight is 213 g/mol. The summed E-state index contributed by atoms with van der Waals surface area (Å²) in [5.41, 5.74) is 5.79. The van der Waals surface area contributed by atoms with Crippen molar-refractivity contribution in [2.24, 2.45) is 0 Å². The molecule has 1 aromatic heterocycles. The van der Waals surface area contributed by atoms with Gasteiger partial charge in [0.25, 0.3) is 0 Å². The van der Waals surface area contributed by atoms with Crippen LogP contribution in [-0.2, 0) is 0 Å². The Hall–Kier alpha value is -1.83. The Labute approximate surface area is 95.6 Å². The van der Waals surface area contributed by atoms with Crippen LogP contribution < -0.4 is 0 Å². The lowest BCUT2D eigenvalue weighted by molar-refractivity contribution is 0.473. The third kappa shape index (κ3) is 1.91. The molecule has 82 valence electrons. The fourth-order valence-electron chi connectivity index (χ4n) is 1.78. The van der Waals surface area contributed by atoms with Crippen LogP contribution in [0.3, 0.4) is 0 Å². The smallest absolute Gasteiger partial charge is 0.133 e. The summed E-state index contributed by atoms with van der Waals surface area (Å²) in [6, 6.07) is 7.81. The Morgan fingerprint density at radius 1 is 0.938 bits per heavy atom. The van der Waals surface area contributed by atoms with Crippen LogP contribution in [0.1, 0.15) is 16.7 Å². The summed E-state index contributed by atoms with van der Waals surface area (Å²) in [4.78, 5) is 4.23. The van der Waals surface area contributed by atoms with Gasteiger partial charge in [-0.3, -0.25) is 4.98 Å². The molecule has 0 bridgehead atoms. The highest BCUT2D eigenvalue weighted by Gasteiger charge is 2.05. The number of aromatic hydroxyl groups is 1. The van der Waals surface area contributed by atoms with Crippen molar-refractivity contribution in [1.82, 2.24) is 4.98 Å². The number of aryl methyl sites for hydroxylation is 3. The highest BCUT2D eigenvalue weighted by atomic mass is 16.3. The van der Waals surface area contributed by atoms with E-state index in [-0.39, 0.29) is 5.75 Å². The van der Waals surface area contributed by atoms with Gasteiger partial charge in [-0.15, -0.1) is 0 Å². The molecule has 0 fully saturated rings. The molecule has 0 atom stereocenters. The maximum Gasteiger partial charge on any atom is 0.133 e. The predicted molar refractivity (Wildman–Crippen MR) is 65.5 cm³/mol. The molecule has 1 aromatic carbocycles. The van der Waals surface area contributed by atoms with E-state index in [2.05, 4.69) is 37.9 Å². The Bertz CT molecular complexity index is 515. The highest BCUT2D eigenvalue weighted by Crippen LogP contribution is 2.25. The first-order valence-electron chi connectivity index (χ1n) is 5.31. The first kappa shape index (κ1) is 10.7. The number of rotatable bonds is 1. The molecule has 0 spiro atoms. The van der Waals surface area contributed by atoms with Crippen LogP contribution in [0.25, 0.3) is 11.3 Å². The van der Waals surface area contributed by atoms with E-state index in [0.29, 0.717) is 0 Å². The molecule has 0 saturated carbocycles. The molecule has 2 heteroatoms. The summed E-state index contributed by atoms with van der Waals surface area (Å²) >= 11 is 0. The molecule has 0 aliphatic carbocycles. The summed E-state index contributed by atoms with van der Waals surface area (Å²) < 4.78 is 0. The molecule has 1 heterocycles. The van der Waals surface area contributed by atoms with Crippen molar-refractivity contribution in [3.63, 3.8) is 0 Å². The van der Waals surface area contributed by atoms with Gasteiger partial charge >= 0.3 is 0 Å². The number of nitrogens with zero attached hydrogens (tertiary/aromatic N) is 1. The molecule has 0 unspecified atom stereocenters. The Morgan fingerprint density at radius 3 is 2.25 bits per heavy atom. The van der Waals surface area contributed by atoms with E-state index in [4.69, 9.17) is 0 Å². The van der Waals surface area contributed by atoms with Gasteiger partial charge < -0.3 is 5.11 Å². The largest absolute Gasteiger partial charge is 0.506 e. The van der Waals surface area contributed by atoms with E-state index in [0.717, 1.165) is 11.3 Å². The van der Waals surface area contributed by atoms with Crippen LogP contribution in [-0.4, -0.2) is 10.1 Å². The van der Waals surface area contributed by atoms with Gasteiger partial charge in [0.05, 0.1) is 11.9 Å². The minimum absolute atomic E-state index is 0.199. The van der Waals surface area contributed by atoms with Crippen LogP contribution in [0.4, 0.5) is 0 Å². The summed E-state index contributed by atoms with van der Waals surface area (Å²) in [6.45, 7) is 6.28. The van der Waals surface area contributed by atoms with Gasteiger partial charge in [0.2, 0.25) is 0 Å². The fourth-order valence-corrected chi connectivity index (χ4v) is 1.78. The lowest BCUT2D eigenvalue weighted by atomic mass is 9.98. The van der Waals surface area contributed by atoms with Crippen LogP contribution in [0, 0.1) is 20.8 Å². The van der Waals surface area contributed by atoms with Gasteiger partial charge in [-0.2, -0.15) is 0 Å². The second-order valence-electron chi connectivity index (χ2n) is 4.15. The van der Waals surface area contributed by atoms with Gasteiger partial charge in [-0.05, 0) is 55.7 Å². The summed E-state index contributed by atoms with van der Waals surface area (Å²) in [7, 11) is 0. The van der Waals surface area contributed by atoms with E-state index >= 15 is 0 Å². The van der Waals surface area contributed by atoms with Crippen LogP contribution >= 0.6 is 0 Å². The van der Waals surface area contributed by atoms with Crippen LogP contribution in [0.5, 0.6) is 5.75 Å². The van der Waals surface area contributed by atoms with Gasteiger partial charge in [0, 0.05) is 5.56 Å². The number of benzene rings is 1. The zero-order valence-electron chi connectivity index (χ0n) is 9.78. The van der Waals surface area contributed by atoms with E-state index in [1.54, 1.807) is 6.07 Å². The third-order valence-electron chi connectivity index (χ3n) is 2.86. The summed E-state index contributed by atoms with van der Waals surface area (Å²) in [5, 5.41) is 9.21. The molecular formula is C14H15NO. The second-order valence-corrected chi connectivity index (χ2v) is 4.15. The average Bonchev–Trinajstić information content (AvgIpc) is 2.25. The molecule has 0 aliphatic heterocycles. The molecule has 0 radical (unpaired) electrons. The normalized spacial score (nSPS) is 10.4. The molecular weight excluding hydrogens is 198 g/mol. The third-order valence-corrected chi connectivity index (χ3v) is 2.86. The monoisotopic (exact) mass is 213 g/mol. The van der Waals surface area contributed by atoms with Gasteiger partial charge in [-0.1, -0.05) is 6.07 Å². The van der Waals surface area contributed by atoms with Crippen molar-refractivity contribution >= 4 is 0 Å². The maximum absolute atomic E-state index is 9.21. The molecule has 0 aliphatic rings. The quantitative estimate of drug-likeness (QED) is 0.787. The maximum atomic E-state index is 9.21. The van der Waals surface area contributed by atoms with Crippen molar-refractivity contribution in [2.45, 2.75) is 20.8 Å². The second kappa shape index (κ2) is 3.97. The molecule has 0 saturated heterocycles. The topological polar surface area (TPSA) is 33.1 Å². The number of aromatic nitrogens is 1. The SMILES string of the molecule is Cc1cc(C)c(-c2ccc(O)cn2)cc1C. The molecule has 0 amide bonds. The van der Waals surface area contributed by atoms with Crippen molar-refractivity contribution in [1.29, 1.82) is 0 Å². The molecule has 2 rings (SSSR count). The molecule has 1 N–H and O–H groups in total. The summed E-state index contributed by atoms with van der Waals surface area (Å²) in [5.74, 6) is 0.199. The number of pyridine rings is 1. The Morgan fingerprint density at radius 2 is 1.62 bits per heavy atom. The van der Waals surface area contributed by atoms with E-state index in [1.165, 1.54) is 22.9 Å². The predicted octanol–water partition coefficient (Wildman–Crippen LogP) is 3.38. The van der Waals surface area contributed by atoms with Gasteiger partial charge in [0.15, 0.2) is 0 Å². The number of hydrogen-bond donors (Lipinski definition) is 1. The Balaban J connectivity index is 2.56. The molecule has 2 aromatic rings. The van der Waals surface area contributed by atoms with E-state index in [9.17, 15) is 5.11 Å². The van der Waals surface area contributed by atoms with Gasteiger partial charge in [-0.25, -0.2) is 0 Å². The van der Waals surface area contributed by atoms with Crippen LogP contribution in [0.15, 0.2) is 30.5 Å². The zero-order chi connectivity index (χ0) is 11.7. The van der Waals surface area contributed by atoms with E-state index in [1.807, 2.05) is 6.07 Å². The Kier molecular flexibility index (Phi) is 2.65. The van der Waals surface area contributed by atoms with Crippen LogP contribution in [0.2, 0.25) is 0 Å². The first-order valence-corrected chi connectivity index (χ1v) is 5.31. The lowest BCUT2D eigenvalue weighted by Crippen LogP contribution is -1.90. The molecule has 16 heavy (non-hydrogen) atoms. The highest BCUT2D eigenvalue weighted by molar-refractivity contribution is 5.65. The number of hydrogen-bond acceptors (Lipinski definition) is 2. The molecule has 2 nitrogen and oxygen atoms in total. The lowest BCUT2D eigenvalue weighted by Gasteiger charge is -2.09. The van der Waals surface area contributed by atoms with Crippen molar-refractivity contribution in [3.05, 3.63) is 47.2 Å². The summed E-state index contributed by atoms with van der Waals surface area (Å²) in [6.07, 6.45) is 1.48. The zero-order valence-corrected chi connectivity index (χ0v) is 9.78. The van der Waals surface area contributed by atoms with Gasteiger partial charge in [0.1, 0.15) is 5.75 Å².